The standard InChI is InChI=1S/C24H27N3O4S2/c1-4-6-7-13-27(24-25-16(3)20(33-24)23(30)31-5-2)22(29)17-10-8-11-18(15-17)26-21(28)19-12-9-14-32-19/h8-12,14-15H,4-7,13H2,1-3H3,(H,26,28). The predicted molar refractivity (Wildman–Crippen MR) is 133 cm³/mol. The summed E-state index contributed by atoms with van der Waals surface area (Å²) in [7, 11) is 0. The second-order valence-electron chi connectivity index (χ2n) is 7.31. The highest BCUT2D eigenvalue weighted by Crippen LogP contribution is 2.29. The number of amides is 2. The van der Waals surface area contributed by atoms with Gasteiger partial charge in [0.2, 0.25) is 0 Å². The molecule has 0 aliphatic carbocycles. The fourth-order valence-corrected chi connectivity index (χ4v) is 4.78. The Balaban J connectivity index is 1.86. The van der Waals surface area contributed by atoms with Gasteiger partial charge in [-0.2, -0.15) is 0 Å². The molecule has 0 spiro atoms. The molecule has 0 saturated carbocycles. The number of thiazole rings is 1. The number of carbonyl (C=O) groups is 3. The maximum atomic E-state index is 13.5. The quantitative estimate of drug-likeness (QED) is 0.290. The Kier molecular flexibility index (Phi) is 8.73. The number of hydrogen-bond acceptors (Lipinski definition) is 7. The van der Waals surface area contributed by atoms with Gasteiger partial charge in [0.15, 0.2) is 5.13 Å². The molecule has 0 radical (unpaired) electrons. The van der Waals surface area contributed by atoms with Crippen molar-refractivity contribution >= 4 is 51.3 Å². The van der Waals surface area contributed by atoms with Gasteiger partial charge in [0.25, 0.3) is 11.8 Å². The number of thiophene rings is 1. The molecule has 9 heteroatoms. The molecule has 0 atom stereocenters. The molecule has 33 heavy (non-hydrogen) atoms. The van der Waals surface area contributed by atoms with Crippen LogP contribution in [0.5, 0.6) is 0 Å². The van der Waals surface area contributed by atoms with Crippen LogP contribution in [0.1, 0.15) is 68.5 Å². The normalized spacial score (nSPS) is 10.6. The Morgan fingerprint density at radius 3 is 2.64 bits per heavy atom. The molecule has 2 amide bonds. The zero-order chi connectivity index (χ0) is 23.8. The summed E-state index contributed by atoms with van der Waals surface area (Å²) in [6.07, 6.45) is 2.79. The molecule has 0 unspecified atom stereocenters. The van der Waals surface area contributed by atoms with E-state index in [4.69, 9.17) is 4.74 Å². The van der Waals surface area contributed by atoms with Crippen LogP contribution in [-0.4, -0.2) is 35.9 Å². The lowest BCUT2D eigenvalue weighted by molar-refractivity contribution is 0.0530. The molecule has 7 nitrogen and oxygen atoms in total. The van der Waals surface area contributed by atoms with Crippen molar-refractivity contribution in [2.75, 3.05) is 23.4 Å². The molecule has 3 aromatic rings. The maximum Gasteiger partial charge on any atom is 0.350 e. The molecule has 0 aliphatic rings. The van der Waals surface area contributed by atoms with Gasteiger partial charge in [0, 0.05) is 17.8 Å². The van der Waals surface area contributed by atoms with Crippen LogP contribution < -0.4 is 10.2 Å². The monoisotopic (exact) mass is 485 g/mol. The van der Waals surface area contributed by atoms with Crippen molar-refractivity contribution in [3.8, 4) is 0 Å². The summed E-state index contributed by atoms with van der Waals surface area (Å²) in [6.45, 7) is 6.34. The molecule has 1 aromatic carbocycles. The second kappa shape index (κ2) is 11.7. The van der Waals surface area contributed by atoms with Crippen LogP contribution in [0.4, 0.5) is 10.8 Å². The number of ether oxygens (including phenoxy) is 1. The number of benzene rings is 1. The van der Waals surface area contributed by atoms with Gasteiger partial charge in [-0.25, -0.2) is 9.78 Å². The smallest absolute Gasteiger partial charge is 0.350 e. The van der Waals surface area contributed by atoms with Gasteiger partial charge in [-0.3, -0.25) is 14.5 Å². The van der Waals surface area contributed by atoms with E-state index < -0.39 is 5.97 Å². The lowest BCUT2D eigenvalue weighted by atomic mass is 10.1. The van der Waals surface area contributed by atoms with Crippen molar-refractivity contribution in [1.29, 1.82) is 0 Å². The van der Waals surface area contributed by atoms with Crippen LogP contribution in [0.3, 0.4) is 0 Å². The van der Waals surface area contributed by atoms with E-state index in [0.29, 0.717) is 38.4 Å². The molecular weight excluding hydrogens is 458 g/mol. The van der Waals surface area contributed by atoms with E-state index in [1.165, 1.54) is 11.3 Å². The minimum absolute atomic E-state index is 0.218. The molecule has 2 aromatic heterocycles. The van der Waals surface area contributed by atoms with Crippen molar-refractivity contribution in [3.05, 3.63) is 62.8 Å². The van der Waals surface area contributed by atoms with E-state index in [9.17, 15) is 14.4 Å². The first-order valence-electron chi connectivity index (χ1n) is 10.9. The number of aromatic nitrogens is 1. The predicted octanol–water partition coefficient (Wildman–Crippen LogP) is 5.78. The first kappa shape index (κ1) is 24.6. The first-order valence-corrected chi connectivity index (χ1v) is 12.6. The summed E-state index contributed by atoms with van der Waals surface area (Å²) in [6, 6.07) is 10.4. The zero-order valence-electron chi connectivity index (χ0n) is 18.9. The zero-order valence-corrected chi connectivity index (χ0v) is 20.6. The van der Waals surface area contributed by atoms with Crippen LogP contribution in [0.25, 0.3) is 0 Å². The first-order chi connectivity index (χ1) is 15.9. The van der Waals surface area contributed by atoms with E-state index in [1.807, 2.05) is 11.4 Å². The Hall–Kier alpha value is -3.04. The van der Waals surface area contributed by atoms with Crippen LogP contribution in [0.15, 0.2) is 41.8 Å². The van der Waals surface area contributed by atoms with E-state index in [2.05, 4.69) is 17.2 Å². The Bertz CT molecular complexity index is 1110. The number of nitrogens with zero attached hydrogens (tertiary/aromatic N) is 2. The van der Waals surface area contributed by atoms with Gasteiger partial charge in [-0.05, 0) is 49.9 Å². The van der Waals surface area contributed by atoms with Gasteiger partial charge in [0.1, 0.15) is 4.88 Å². The number of anilines is 2. The largest absolute Gasteiger partial charge is 0.462 e. The topological polar surface area (TPSA) is 88.6 Å². The number of aryl methyl sites for hydroxylation is 1. The lowest BCUT2D eigenvalue weighted by Crippen LogP contribution is -2.32. The summed E-state index contributed by atoms with van der Waals surface area (Å²) in [5, 5.41) is 5.14. The third-order valence-corrected chi connectivity index (χ3v) is 6.85. The van der Waals surface area contributed by atoms with Crippen molar-refractivity contribution in [3.63, 3.8) is 0 Å². The molecule has 0 bridgehead atoms. The van der Waals surface area contributed by atoms with E-state index in [1.54, 1.807) is 49.1 Å². The van der Waals surface area contributed by atoms with E-state index in [0.717, 1.165) is 30.6 Å². The van der Waals surface area contributed by atoms with Crippen molar-refractivity contribution in [2.45, 2.75) is 40.0 Å². The Morgan fingerprint density at radius 1 is 1.12 bits per heavy atom. The van der Waals surface area contributed by atoms with Gasteiger partial charge in [-0.1, -0.05) is 43.2 Å². The highest BCUT2D eigenvalue weighted by Gasteiger charge is 2.25. The van der Waals surface area contributed by atoms with Gasteiger partial charge in [-0.15, -0.1) is 11.3 Å². The average Bonchev–Trinajstić information content (AvgIpc) is 3.47. The second-order valence-corrected chi connectivity index (χ2v) is 9.23. The number of rotatable bonds is 10. The highest BCUT2D eigenvalue weighted by atomic mass is 32.1. The van der Waals surface area contributed by atoms with Crippen molar-refractivity contribution in [2.24, 2.45) is 0 Å². The molecule has 2 heterocycles. The number of hydrogen-bond donors (Lipinski definition) is 1. The maximum absolute atomic E-state index is 13.5. The van der Waals surface area contributed by atoms with E-state index >= 15 is 0 Å². The molecule has 3 rings (SSSR count). The van der Waals surface area contributed by atoms with Crippen molar-refractivity contribution in [1.82, 2.24) is 4.98 Å². The third kappa shape index (κ3) is 6.27. The number of carbonyl (C=O) groups excluding carboxylic acids is 3. The fraction of sp³-hybridized carbons (Fsp3) is 0.333. The van der Waals surface area contributed by atoms with E-state index in [-0.39, 0.29) is 18.4 Å². The number of nitrogens with one attached hydrogen (secondary N) is 1. The van der Waals surface area contributed by atoms with Crippen LogP contribution in [-0.2, 0) is 4.74 Å². The summed E-state index contributed by atoms with van der Waals surface area (Å²) in [5.74, 6) is -0.885. The van der Waals surface area contributed by atoms with Crippen molar-refractivity contribution < 1.29 is 19.1 Å². The molecule has 1 N–H and O–H groups in total. The summed E-state index contributed by atoms with van der Waals surface area (Å²) >= 11 is 2.51. The van der Waals surface area contributed by atoms with Crippen LogP contribution in [0, 0.1) is 6.92 Å². The molecular formula is C24H27N3O4S2. The Morgan fingerprint density at radius 2 is 1.94 bits per heavy atom. The van der Waals surface area contributed by atoms with Gasteiger partial charge in [0.05, 0.1) is 17.2 Å². The Labute approximate surface area is 201 Å². The SMILES string of the molecule is CCCCCN(C(=O)c1cccc(NC(=O)c2cccs2)c1)c1nc(C)c(C(=O)OCC)s1. The molecule has 174 valence electrons. The summed E-state index contributed by atoms with van der Waals surface area (Å²) in [4.78, 5) is 45.2. The van der Waals surface area contributed by atoms with Gasteiger partial charge >= 0.3 is 5.97 Å². The molecule has 0 saturated heterocycles. The fourth-order valence-electron chi connectivity index (χ4n) is 3.17. The number of unbranched alkanes of at least 4 members (excludes halogenated alkanes) is 2. The summed E-state index contributed by atoms with van der Waals surface area (Å²) in [5.41, 5.74) is 1.51. The molecule has 0 aliphatic heterocycles. The average molecular weight is 486 g/mol. The minimum Gasteiger partial charge on any atom is -0.462 e. The van der Waals surface area contributed by atoms with Crippen LogP contribution in [0.2, 0.25) is 0 Å². The number of esters is 1. The third-order valence-electron chi connectivity index (χ3n) is 4.82. The van der Waals surface area contributed by atoms with Gasteiger partial charge < -0.3 is 10.1 Å². The molecule has 0 fully saturated rings. The minimum atomic E-state index is -0.432. The lowest BCUT2D eigenvalue weighted by Gasteiger charge is -2.20. The summed E-state index contributed by atoms with van der Waals surface area (Å²) < 4.78 is 5.12. The van der Waals surface area contributed by atoms with Crippen LogP contribution >= 0.6 is 22.7 Å². The highest BCUT2D eigenvalue weighted by molar-refractivity contribution is 7.17.